The number of imidazole rings is 1. The average Bonchev–Trinajstić information content (AvgIpc) is 3.58. The Kier molecular flexibility index (Phi) is 6.29. The van der Waals surface area contributed by atoms with Gasteiger partial charge in [-0.25, -0.2) is 0 Å². The monoisotopic (exact) mass is 539 g/mol. The van der Waals surface area contributed by atoms with Crippen molar-refractivity contribution in [3.05, 3.63) is 68.2 Å². The molecule has 3 aliphatic rings. The summed E-state index contributed by atoms with van der Waals surface area (Å²) in [5.41, 5.74) is 5.27. The van der Waals surface area contributed by atoms with Crippen LogP contribution in [-0.4, -0.2) is 46.4 Å². The van der Waals surface area contributed by atoms with Gasteiger partial charge in [0.2, 0.25) is 12.6 Å². The van der Waals surface area contributed by atoms with E-state index in [0.717, 1.165) is 41.2 Å². The number of fused-ring (bicyclic) bond motifs is 5. The van der Waals surface area contributed by atoms with Crippen molar-refractivity contribution in [1.82, 2.24) is 14.5 Å². The van der Waals surface area contributed by atoms with Crippen LogP contribution in [0.2, 0.25) is 0 Å². The lowest BCUT2D eigenvalue weighted by atomic mass is 9.81. The lowest BCUT2D eigenvalue weighted by Gasteiger charge is -2.42. The van der Waals surface area contributed by atoms with E-state index in [0.29, 0.717) is 30.3 Å². The highest BCUT2D eigenvalue weighted by atomic mass is 16.7. The second kappa shape index (κ2) is 9.95. The smallest absolute Gasteiger partial charge is 0.382 e. The molecule has 0 fully saturated rings. The van der Waals surface area contributed by atoms with Crippen molar-refractivity contribution < 1.29 is 23.9 Å². The number of ether oxygens (including phenoxy) is 4. The maximum atomic E-state index is 11.3. The van der Waals surface area contributed by atoms with Crippen LogP contribution in [0.25, 0.3) is 11.8 Å². The van der Waals surface area contributed by atoms with Crippen molar-refractivity contribution in [1.29, 1.82) is 5.26 Å². The van der Waals surface area contributed by atoms with Gasteiger partial charge >= 0.3 is 5.82 Å². The molecular formula is C29H25N5O6. The first-order valence-electron chi connectivity index (χ1n) is 12.7. The first kappa shape index (κ1) is 25.3. The number of benzene rings is 2. The molecule has 2 aromatic carbocycles. The Hall–Kier alpha value is -5.00. The summed E-state index contributed by atoms with van der Waals surface area (Å²) < 4.78 is 24.4. The summed E-state index contributed by atoms with van der Waals surface area (Å²) >= 11 is 0. The van der Waals surface area contributed by atoms with Crippen LogP contribution >= 0.6 is 0 Å². The number of aryl methyl sites for hydroxylation is 1. The van der Waals surface area contributed by atoms with Crippen LogP contribution in [-0.2, 0) is 19.4 Å². The van der Waals surface area contributed by atoms with Gasteiger partial charge in [-0.1, -0.05) is 5.92 Å². The molecule has 1 unspecified atom stereocenters. The van der Waals surface area contributed by atoms with Gasteiger partial charge < -0.3 is 29.1 Å². The lowest BCUT2D eigenvalue weighted by Crippen LogP contribution is -2.39. The van der Waals surface area contributed by atoms with E-state index >= 15 is 0 Å². The lowest BCUT2D eigenvalue weighted by molar-refractivity contribution is -0.389. The summed E-state index contributed by atoms with van der Waals surface area (Å²) in [6.45, 7) is 3.34. The number of nitro groups is 1. The maximum Gasteiger partial charge on any atom is 0.382 e. The zero-order chi connectivity index (χ0) is 28.0. The molecule has 0 N–H and O–H groups in total. The Bertz CT molecular complexity index is 1660. The Morgan fingerprint density at radius 2 is 2.12 bits per heavy atom. The van der Waals surface area contributed by atoms with Crippen molar-refractivity contribution in [3.63, 3.8) is 0 Å². The van der Waals surface area contributed by atoms with E-state index in [1.807, 2.05) is 6.07 Å². The van der Waals surface area contributed by atoms with E-state index in [4.69, 9.17) is 25.4 Å². The summed E-state index contributed by atoms with van der Waals surface area (Å²) in [6.07, 6.45) is 9.97. The minimum Gasteiger partial charge on any atom is -0.493 e. The van der Waals surface area contributed by atoms with Gasteiger partial charge in [-0.05, 0) is 69.3 Å². The number of nitrogens with zero attached hydrogens (tertiary/aromatic N) is 5. The molecule has 0 aliphatic carbocycles. The van der Waals surface area contributed by atoms with Crippen molar-refractivity contribution in [2.24, 2.45) is 0 Å². The number of hydrogen-bond donors (Lipinski definition) is 0. The van der Waals surface area contributed by atoms with Gasteiger partial charge in [-0.2, -0.15) is 5.26 Å². The standard InChI is InChI=1S/C29H25N5O6/c1-4-7-38-29-23-14-32-6-5-18-9-25-26(40-16-39-25)12-22(18)24(32)11-21(23)19(10-27(29)37-3)8-20(13-30)33-15-28(34(35)36)31-17(33)2/h1,8-10,12,15,24H,5-7,11,14,16H2,2-3H3/b20-8+. The zero-order valence-corrected chi connectivity index (χ0v) is 22.0. The van der Waals surface area contributed by atoms with Crippen LogP contribution in [0.3, 0.4) is 0 Å². The van der Waals surface area contributed by atoms with E-state index in [2.05, 4.69) is 34.0 Å². The molecule has 0 bridgehead atoms. The van der Waals surface area contributed by atoms with Crippen LogP contribution in [0.15, 0.2) is 24.4 Å². The van der Waals surface area contributed by atoms with Gasteiger partial charge in [0.1, 0.15) is 24.6 Å². The van der Waals surface area contributed by atoms with E-state index in [1.54, 1.807) is 20.1 Å². The first-order chi connectivity index (χ1) is 19.4. The third-order valence-electron chi connectivity index (χ3n) is 7.60. The number of hydrogen-bond acceptors (Lipinski definition) is 9. The molecule has 11 heteroatoms. The summed E-state index contributed by atoms with van der Waals surface area (Å²) in [5, 5.41) is 21.4. The summed E-state index contributed by atoms with van der Waals surface area (Å²) in [6, 6.07) is 8.20. The van der Waals surface area contributed by atoms with E-state index < -0.39 is 4.92 Å². The van der Waals surface area contributed by atoms with Crippen LogP contribution < -0.4 is 18.9 Å². The van der Waals surface area contributed by atoms with Crippen LogP contribution in [0, 0.1) is 40.7 Å². The van der Waals surface area contributed by atoms with Crippen molar-refractivity contribution in [2.75, 3.05) is 27.1 Å². The molecule has 202 valence electrons. The topological polar surface area (TPSA) is 125 Å². The molecule has 0 saturated heterocycles. The van der Waals surface area contributed by atoms with Gasteiger partial charge in [0, 0.05) is 31.6 Å². The third-order valence-corrected chi connectivity index (χ3v) is 7.60. The summed E-state index contributed by atoms with van der Waals surface area (Å²) in [4.78, 5) is 17.1. The molecule has 40 heavy (non-hydrogen) atoms. The number of terminal acetylenes is 1. The van der Waals surface area contributed by atoms with Crippen LogP contribution in [0.1, 0.15) is 39.7 Å². The third kappa shape index (κ3) is 4.17. The fourth-order valence-electron chi connectivity index (χ4n) is 5.77. The van der Waals surface area contributed by atoms with Gasteiger partial charge in [-0.15, -0.1) is 6.42 Å². The Morgan fingerprint density at radius 3 is 2.83 bits per heavy atom. The fraction of sp³-hybridized carbons (Fsp3) is 0.310. The Morgan fingerprint density at radius 1 is 1.32 bits per heavy atom. The van der Waals surface area contributed by atoms with Crippen LogP contribution in [0.4, 0.5) is 5.82 Å². The zero-order valence-electron chi connectivity index (χ0n) is 22.0. The highest BCUT2D eigenvalue weighted by Crippen LogP contribution is 2.48. The van der Waals surface area contributed by atoms with Crippen molar-refractivity contribution in [2.45, 2.75) is 32.4 Å². The van der Waals surface area contributed by atoms with Gasteiger partial charge in [-0.3, -0.25) is 9.47 Å². The minimum atomic E-state index is -0.582. The minimum absolute atomic E-state index is 0.0633. The first-order valence-corrected chi connectivity index (χ1v) is 12.7. The highest BCUT2D eigenvalue weighted by Gasteiger charge is 2.37. The molecule has 3 aromatic rings. The fourth-order valence-corrected chi connectivity index (χ4v) is 5.77. The molecule has 6 rings (SSSR count). The quantitative estimate of drug-likeness (QED) is 0.198. The normalized spacial score (nSPS) is 17.2. The molecule has 11 nitrogen and oxygen atoms in total. The molecule has 3 aliphatic heterocycles. The molecule has 4 heterocycles. The summed E-state index contributed by atoms with van der Waals surface area (Å²) in [7, 11) is 1.55. The predicted octanol–water partition coefficient (Wildman–Crippen LogP) is 4.03. The molecule has 1 atom stereocenters. The SMILES string of the molecule is C#CCOc1c(OC)cc(/C=C(\C#N)n2cc([N+](=O)[O-])nc2C)c2c1CN1CCc3cc4c(cc3C1C2)OCO4. The molecule has 1 aromatic heterocycles. The van der Waals surface area contributed by atoms with E-state index in [9.17, 15) is 15.4 Å². The van der Waals surface area contributed by atoms with Crippen LogP contribution in [0.5, 0.6) is 23.0 Å². The molecular weight excluding hydrogens is 514 g/mol. The molecule has 0 saturated carbocycles. The average molecular weight is 540 g/mol. The molecule has 0 radical (unpaired) electrons. The second-order valence-corrected chi connectivity index (χ2v) is 9.71. The predicted molar refractivity (Wildman–Crippen MR) is 144 cm³/mol. The number of rotatable bonds is 6. The Labute approximate surface area is 230 Å². The van der Waals surface area contributed by atoms with Gasteiger partial charge in [0.15, 0.2) is 23.0 Å². The summed E-state index contributed by atoms with van der Waals surface area (Å²) in [5.74, 6) is 5.11. The molecule has 0 spiro atoms. The highest BCUT2D eigenvalue weighted by molar-refractivity contribution is 5.82. The number of nitriles is 1. The number of methoxy groups -OCH3 is 1. The molecule has 0 amide bonds. The van der Waals surface area contributed by atoms with E-state index in [1.165, 1.54) is 21.9 Å². The van der Waals surface area contributed by atoms with E-state index in [-0.39, 0.29) is 31.0 Å². The van der Waals surface area contributed by atoms with Crippen molar-refractivity contribution in [3.8, 4) is 41.4 Å². The second-order valence-electron chi connectivity index (χ2n) is 9.71. The Balaban J connectivity index is 1.50. The van der Waals surface area contributed by atoms with Crippen molar-refractivity contribution >= 4 is 17.6 Å². The maximum absolute atomic E-state index is 11.3. The largest absolute Gasteiger partial charge is 0.493 e. The number of aromatic nitrogens is 2. The number of allylic oxidation sites excluding steroid dienone is 1. The van der Waals surface area contributed by atoms with Gasteiger partial charge in [0.05, 0.1) is 7.11 Å². The van der Waals surface area contributed by atoms with Gasteiger partial charge in [0.25, 0.3) is 0 Å².